The lowest BCUT2D eigenvalue weighted by Crippen LogP contribution is -2.35. The fraction of sp³-hybridized carbons (Fsp3) is 0.538. The van der Waals surface area contributed by atoms with Crippen LogP contribution in [0.5, 0.6) is 0 Å². The average Bonchev–Trinajstić information content (AvgIpc) is 3.60. The predicted octanol–water partition coefficient (Wildman–Crippen LogP) is 4.70. The Bertz CT molecular complexity index is 1230. The highest BCUT2D eigenvalue weighted by atomic mass is 19.4. The molecular weight excluding hydrogens is 503 g/mol. The molecule has 1 aliphatic heterocycles. The molecule has 0 spiro atoms. The third-order valence-corrected chi connectivity index (χ3v) is 7.21. The summed E-state index contributed by atoms with van der Waals surface area (Å²) in [5, 5.41) is 21.5. The lowest BCUT2D eigenvalue weighted by atomic mass is 9.95. The summed E-state index contributed by atoms with van der Waals surface area (Å²) in [6, 6.07) is 6.17. The molecule has 0 radical (unpaired) electrons. The summed E-state index contributed by atoms with van der Waals surface area (Å²) in [5.41, 5.74) is -0.116. The van der Waals surface area contributed by atoms with Gasteiger partial charge in [-0.05, 0) is 37.8 Å². The number of halogens is 3. The van der Waals surface area contributed by atoms with Crippen LogP contribution in [-0.4, -0.2) is 50.7 Å². The predicted molar refractivity (Wildman–Crippen MR) is 130 cm³/mol. The van der Waals surface area contributed by atoms with Gasteiger partial charge in [-0.15, -0.1) is 0 Å². The van der Waals surface area contributed by atoms with E-state index in [0.29, 0.717) is 30.5 Å². The molecule has 3 heterocycles. The number of aliphatic hydroxyl groups is 1. The number of hydrogen-bond donors (Lipinski definition) is 2. The highest BCUT2D eigenvalue weighted by Crippen LogP contribution is 2.40. The van der Waals surface area contributed by atoms with Crippen molar-refractivity contribution in [1.82, 2.24) is 25.2 Å². The number of aromatic nitrogens is 4. The Morgan fingerprint density at radius 1 is 1.16 bits per heavy atom. The zero-order chi connectivity index (χ0) is 26.7. The van der Waals surface area contributed by atoms with E-state index in [1.165, 1.54) is 0 Å². The number of carbonyl (C=O) groups is 1. The van der Waals surface area contributed by atoms with Crippen LogP contribution < -0.4 is 5.32 Å². The minimum Gasteiger partial charge on any atom is -0.462 e. The highest BCUT2D eigenvalue weighted by molar-refractivity contribution is 5.72. The fourth-order valence-corrected chi connectivity index (χ4v) is 5.14. The number of hydrogen-bond acceptors (Lipinski definition) is 8. The second-order valence-electron chi connectivity index (χ2n) is 9.88. The van der Waals surface area contributed by atoms with Gasteiger partial charge in [0.05, 0.1) is 23.7 Å². The summed E-state index contributed by atoms with van der Waals surface area (Å²) in [5.74, 6) is -0.700. The Kier molecular flexibility index (Phi) is 7.80. The largest absolute Gasteiger partial charge is 0.462 e. The van der Waals surface area contributed by atoms with Crippen LogP contribution in [0.2, 0.25) is 0 Å². The number of benzene rings is 1. The molecule has 2 aliphatic rings. The van der Waals surface area contributed by atoms with Gasteiger partial charge in [0.2, 0.25) is 5.82 Å². The molecule has 3 aromatic rings. The Morgan fingerprint density at radius 2 is 1.92 bits per heavy atom. The second kappa shape index (κ2) is 11.2. The van der Waals surface area contributed by atoms with Crippen LogP contribution in [0.15, 0.2) is 35.0 Å². The molecule has 204 valence electrons. The summed E-state index contributed by atoms with van der Waals surface area (Å²) < 4.78 is 53.7. The molecule has 0 bridgehead atoms. The maximum Gasteiger partial charge on any atom is 0.433 e. The number of rotatable bonds is 7. The van der Waals surface area contributed by atoms with E-state index in [9.17, 15) is 23.1 Å². The fourth-order valence-electron chi connectivity index (χ4n) is 5.14. The molecule has 2 atom stereocenters. The Labute approximate surface area is 217 Å². The molecule has 1 saturated carbocycles. The second-order valence-corrected chi connectivity index (χ2v) is 9.88. The van der Waals surface area contributed by atoms with Crippen molar-refractivity contribution in [2.75, 3.05) is 19.7 Å². The normalized spacial score (nSPS) is 19.8. The van der Waals surface area contributed by atoms with Gasteiger partial charge in [-0.25, -0.2) is 0 Å². The minimum absolute atomic E-state index is 0.107. The van der Waals surface area contributed by atoms with Gasteiger partial charge in [-0.1, -0.05) is 48.7 Å². The van der Waals surface area contributed by atoms with Gasteiger partial charge in [-0.3, -0.25) is 9.48 Å². The summed E-state index contributed by atoms with van der Waals surface area (Å²) >= 11 is 0. The van der Waals surface area contributed by atoms with Gasteiger partial charge in [-0.2, -0.15) is 23.3 Å². The van der Waals surface area contributed by atoms with Crippen molar-refractivity contribution in [2.45, 2.75) is 63.3 Å². The van der Waals surface area contributed by atoms with E-state index in [0.717, 1.165) is 49.5 Å². The quantitative estimate of drug-likeness (QED) is 0.420. The summed E-state index contributed by atoms with van der Waals surface area (Å²) in [4.78, 5) is 16.4. The van der Waals surface area contributed by atoms with Gasteiger partial charge < -0.3 is 19.7 Å². The van der Waals surface area contributed by atoms with E-state index in [-0.39, 0.29) is 41.8 Å². The first kappa shape index (κ1) is 26.4. The number of ether oxygens (including phenoxy) is 1. The smallest absolute Gasteiger partial charge is 0.433 e. The van der Waals surface area contributed by atoms with E-state index in [1.54, 1.807) is 24.3 Å². The zero-order valence-corrected chi connectivity index (χ0v) is 20.8. The van der Waals surface area contributed by atoms with E-state index in [4.69, 9.17) is 9.26 Å². The molecule has 1 unspecified atom stereocenters. The molecule has 1 aromatic carbocycles. The molecule has 2 aromatic heterocycles. The van der Waals surface area contributed by atoms with E-state index in [1.807, 2.05) is 0 Å². The number of piperidine rings is 1. The molecule has 1 saturated heterocycles. The first-order valence-electron chi connectivity index (χ1n) is 13.0. The number of esters is 1. The van der Waals surface area contributed by atoms with E-state index in [2.05, 4.69) is 20.6 Å². The van der Waals surface area contributed by atoms with Crippen molar-refractivity contribution < 1.29 is 32.3 Å². The minimum atomic E-state index is -4.63. The van der Waals surface area contributed by atoms with E-state index >= 15 is 0 Å². The van der Waals surface area contributed by atoms with Crippen molar-refractivity contribution in [3.8, 4) is 22.8 Å². The third-order valence-electron chi connectivity index (χ3n) is 7.21. The third kappa shape index (κ3) is 5.75. The molecule has 2 N–H and O–H groups in total. The average molecular weight is 534 g/mol. The van der Waals surface area contributed by atoms with Gasteiger partial charge in [0, 0.05) is 12.1 Å². The molecule has 5 rings (SSSR count). The van der Waals surface area contributed by atoms with Crippen LogP contribution in [0.4, 0.5) is 13.2 Å². The topological polar surface area (TPSA) is 115 Å². The van der Waals surface area contributed by atoms with Crippen molar-refractivity contribution in [2.24, 2.45) is 5.92 Å². The number of nitrogens with zero attached hydrogens (tertiary/aromatic N) is 4. The maximum absolute atomic E-state index is 14.0. The highest BCUT2D eigenvalue weighted by Gasteiger charge is 2.41. The maximum atomic E-state index is 14.0. The van der Waals surface area contributed by atoms with Crippen LogP contribution in [-0.2, 0) is 15.7 Å². The van der Waals surface area contributed by atoms with Crippen LogP contribution in [0.3, 0.4) is 0 Å². The van der Waals surface area contributed by atoms with Crippen LogP contribution >= 0.6 is 0 Å². The van der Waals surface area contributed by atoms with Crippen LogP contribution in [0, 0.1) is 5.92 Å². The lowest BCUT2D eigenvalue weighted by Gasteiger charge is -2.24. The zero-order valence-electron chi connectivity index (χ0n) is 20.8. The molecule has 9 nitrogen and oxygen atoms in total. The summed E-state index contributed by atoms with van der Waals surface area (Å²) in [6.45, 7) is 1.28. The van der Waals surface area contributed by atoms with Crippen molar-refractivity contribution in [1.29, 1.82) is 0 Å². The number of nitrogens with one attached hydrogen (secondary N) is 1. The van der Waals surface area contributed by atoms with Gasteiger partial charge in [0.1, 0.15) is 12.7 Å². The molecule has 2 fully saturated rings. The number of aliphatic hydroxyl groups excluding tert-OH is 1. The summed E-state index contributed by atoms with van der Waals surface area (Å²) in [7, 11) is 0. The molecular formula is C26H30F3N5O4. The monoisotopic (exact) mass is 533 g/mol. The van der Waals surface area contributed by atoms with Gasteiger partial charge in [0.25, 0.3) is 5.89 Å². The standard InChI is InChI=1S/C26H30F3N5O4/c27-26(28,29)22-20(14-31-34(22)19-6-2-1-3-7-19)24-32-23(33-38-24)17-10-8-16(9-11-17)21(35)15-37-25(36)18-5-4-12-30-13-18/h8-11,14,18-19,21,30,35H,1-7,12-13,15H2/t18?,21-/m1/s1. The molecule has 12 heteroatoms. The van der Waals surface area contributed by atoms with Crippen molar-refractivity contribution >= 4 is 5.97 Å². The Hall–Kier alpha value is -3.25. The first-order valence-corrected chi connectivity index (χ1v) is 13.0. The number of alkyl halides is 3. The molecule has 0 amide bonds. The summed E-state index contributed by atoms with van der Waals surface area (Å²) in [6.07, 6.45) is 1.19. The molecule has 1 aliphatic carbocycles. The SMILES string of the molecule is O=C(OC[C@@H](O)c1ccc(-c2noc(-c3cnn(C4CCCCC4)c3C(F)(F)F)n2)cc1)C1CCCNC1. The van der Waals surface area contributed by atoms with Crippen molar-refractivity contribution in [3.63, 3.8) is 0 Å². The van der Waals surface area contributed by atoms with Gasteiger partial charge in [0.15, 0.2) is 5.69 Å². The first-order chi connectivity index (χ1) is 18.3. The van der Waals surface area contributed by atoms with E-state index < -0.39 is 18.0 Å². The Balaban J connectivity index is 1.28. The van der Waals surface area contributed by atoms with Crippen LogP contribution in [0.25, 0.3) is 22.8 Å². The van der Waals surface area contributed by atoms with Gasteiger partial charge >= 0.3 is 12.1 Å². The number of carbonyl (C=O) groups excluding carboxylic acids is 1. The van der Waals surface area contributed by atoms with Crippen LogP contribution in [0.1, 0.15) is 68.3 Å². The Morgan fingerprint density at radius 3 is 2.61 bits per heavy atom. The molecule has 38 heavy (non-hydrogen) atoms. The lowest BCUT2D eigenvalue weighted by molar-refractivity contribution is -0.152. The van der Waals surface area contributed by atoms with Crippen molar-refractivity contribution in [3.05, 3.63) is 41.7 Å².